The lowest BCUT2D eigenvalue weighted by Crippen LogP contribution is -2.25. The second kappa shape index (κ2) is 7.09. The van der Waals surface area contributed by atoms with Crippen molar-refractivity contribution in [3.63, 3.8) is 0 Å². The Kier molecular flexibility index (Phi) is 8.26. The molecule has 72 valence electrons. The third-order valence-electron chi connectivity index (χ3n) is 1.13. The number of hydrogen-bond donors (Lipinski definition) is 2. The van der Waals surface area contributed by atoms with E-state index in [0.29, 0.717) is 6.61 Å². The lowest BCUT2D eigenvalue weighted by molar-refractivity contribution is -0.133. The molecule has 0 aliphatic carbocycles. The largest absolute Gasteiger partial charge is 0.478 e. The Labute approximate surface area is 77.8 Å². The van der Waals surface area contributed by atoms with Crippen molar-refractivity contribution < 1.29 is 14.6 Å². The first-order valence-corrected chi connectivity index (χ1v) is 3.36. The van der Waals surface area contributed by atoms with E-state index in [1.54, 1.807) is 6.92 Å². The zero-order chi connectivity index (χ0) is 8.85. The fraction of sp³-hybridized carbons (Fsp3) is 0.571. The van der Waals surface area contributed by atoms with Crippen LogP contribution in [-0.2, 0) is 9.53 Å². The van der Waals surface area contributed by atoms with Gasteiger partial charge in [-0.2, -0.15) is 0 Å². The number of carboxylic acid groups (broad SMARTS) is 1. The van der Waals surface area contributed by atoms with Crippen LogP contribution in [0.25, 0.3) is 0 Å². The maximum atomic E-state index is 10.2. The molecule has 3 N–H and O–H groups in total. The summed E-state index contributed by atoms with van der Waals surface area (Å²) in [6.07, 6.45) is -0.382. The second-order valence-corrected chi connectivity index (χ2v) is 2.11. The molecule has 0 heterocycles. The first-order valence-electron chi connectivity index (χ1n) is 3.36. The van der Waals surface area contributed by atoms with Crippen LogP contribution in [0.15, 0.2) is 12.2 Å². The number of nitrogens with two attached hydrogens (primary N) is 1. The van der Waals surface area contributed by atoms with E-state index in [4.69, 9.17) is 15.6 Å². The van der Waals surface area contributed by atoms with Crippen LogP contribution in [0.4, 0.5) is 0 Å². The average Bonchev–Trinajstić information content (AvgIpc) is 1.87. The third kappa shape index (κ3) is 6.15. The minimum atomic E-state index is -1.03. The van der Waals surface area contributed by atoms with Crippen LogP contribution in [-0.4, -0.2) is 23.9 Å². The van der Waals surface area contributed by atoms with Gasteiger partial charge < -0.3 is 15.6 Å². The van der Waals surface area contributed by atoms with Crippen LogP contribution in [0, 0.1) is 0 Å². The lowest BCUT2D eigenvalue weighted by atomic mass is 10.2. The molecule has 0 saturated heterocycles. The first-order chi connectivity index (χ1) is 5.07. The van der Waals surface area contributed by atoms with Gasteiger partial charge in [-0.1, -0.05) is 6.58 Å². The van der Waals surface area contributed by atoms with Crippen LogP contribution < -0.4 is 5.73 Å². The van der Waals surface area contributed by atoms with Gasteiger partial charge in [-0.05, 0) is 6.92 Å². The molecule has 0 spiro atoms. The smallest absolute Gasteiger partial charge is 0.331 e. The van der Waals surface area contributed by atoms with Gasteiger partial charge >= 0.3 is 5.97 Å². The summed E-state index contributed by atoms with van der Waals surface area (Å²) in [6, 6.07) is 0. The summed E-state index contributed by atoms with van der Waals surface area (Å²) < 4.78 is 4.92. The van der Waals surface area contributed by atoms with Crippen molar-refractivity contribution in [1.29, 1.82) is 0 Å². The molecule has 0 fully saturated rings. The molecule has 0 aliphatic rings. The molecule has 0 saturated carbocycles. The van der Waals surface area contributed by atoms with Crippen LogP contribution in [0.2, 0.25) is 0 Å². The van der Waals surface area contributed by atoms with Crippen molar-refractivity contribution in [2.45, 2.75) is 19.6 Å². The van der Waals surface area contributed by atoms with E-state index >= 15 is 0 Å². The average molecular weight is 196 g/mol. The quantitative estimate of drug-likeness (QED) is 0.502. The summed E-state index contributed by atoms with van der Waals surface area (Å²) in [6.45, 7) is 5.59. The van der Waals surface area contributed by atoms with Gasteiger partial charge in [0.05, 0.1) is 0 Å². The number of halogens is 1. The Hall–Kier alpha value is -0.580. The molecule has 0 amide bonds. The molecule has 5 heteroatoms. The van der Waals surface area contributed by atoms with Gasteiger partial charge in [0.25, 0.3) is 0 Å². The van der Waals surface area contributed by atoms with Gasteiger partial charge in [-0.25, -0.2) is 4.79 Å². The molecule has 0 rings (SSSR count). The van der Waals surface area contributed by atoms with Gasteiger partial charge in [-0.15, -0.1) is 12.4 Å². The second-order valence-electron chi connectivity index (χ2n) is 2.11. The molecule has 4 nitrogen and oxygen atoms in total. The van der Waals surface area contributed by atoms with E-state index in [0.717, 1.165) is 0 Å². The van der Waals surface area contributed by atoms with Crippen LogP contribution in [0.1, 0.15) is 13.3 Å². The molecule has 1 atom stereocenters. The Morgan fingerprint density at radius 3 is 2.58 bits per heavy atom. The maximum absolute atomic E-state index is 10.2. The minimum Gasteiger partial charge on any atom is -0.478 e. The van der Waals surface area contributed by atoms with Gasteiger partial charge in [-0.3, -0.25) is 0 Å². The number of carbonyl (C=O) groups is 1. The fourth-order valence-electron chi connectivity index (χ4n) is 0.603. The number of rotatable bonds is 5. The summed E-state index contributed by atoms with van der Waals surface area (Å²) >= 11 is 0. The molecule has 0 aromatic heterocycles. The number of ether oxygens (including phenoxy) is 1. The van der Waals surface area contributed by atoms with Crippen molar-refractivity contribution >= 4 is 18.4 Å². The number of carboxylic acids is 1. The van der Waals surface area contributed by atoms with E-state index in [1.807, 2.05) is 0 Å². The Balaban J connectivity index is 0. The summed E-state index contributed by atoms with van der Waals surface area (Å²) in [5.41, 5.74) is 5.45. The van der Waals surface area contributed by atoms with Crippen molar-refractivity contribution in [3.05, 3.63) is 12.2 Å². The molecule has 0 aliphatic heterocycles. The molecule has 0 radical (unpaired) electrons. The van der Waals surface area contributed by atoms with E-state index in [2.05, 4.69) is 6.58 Å². The van der Waals surface area contributed by atoms with Gasteiger partial charge in [0, 0.05) is 18.6 Å². The van der Waals surface area contributed by atoms with Crippen LogP contribution >= 0.6 is 12.4 Å². The Bertz CT molecular complexity index is 161. The fourth-order valence-corrected chi connectivity index (χ4v) is 0.603. The topological polar surface area (TPSA) is 72.5 Å². The van der Waals surface area contributed by atoms with Crippen molar-refractivity contribution in [2.75, 3.05) is 6.61 Å². The van der Waals surface area contributed by atoms with E-state index < -0.39 is 12.2 Å². The Morgan fingerprint density at radius 2 is 2.25 bits per heavy atom. The SMILES string of the molecule is C=C(CC(N)OCC)C(=O)O.Cl. The summed E-state index contributed by atoms with van der Waals surface area (Å²) in [5, 5.41) is 8.39. The zero-order valence-corrected chi connectivity index (χ0v) is 7.76. The van der Waals surface area contributed by atoms with Crippen molar-refractivity contribution in [2.24, 2.45) is 5.73 Å². The normalized spacial score (nSPS) is 11.5. The van der Waals surface area contributed by atoms with Gasteiger partial charge in [0.15, 0.2) is 0 Å². The predicted octanol–water partition coefficient (Wildman–Crippen LogP) is 0.760. The molecular formula is C7H14ClNO3. The van der Waals surface area contributed by atoms with E-state index in [9.17, 15) is 4.79 Å². The molecule has 0 bridgehead atoms. The highest BCUT2D eigenvalue weighted by atomic mass is 35.5. The highest BCUT2D eigenvalue weighted by Gasteiger charge is 2.09. The van der Waals surface area contributed by atoms with Crippen molar-refractivity contribution in [3.8, 4) is 0 Å². The Morgan fingerprint density at radius 1 is 1.75 bits per heavy atom. The van der Waals surface area contributed by atoms with Gasteiger partial charge in [0.1, 0.15) is 6.23 Å². The minimum absolute atomic E-state index is 0. The highest BCUT2D eigenvalue weighted by Crippen LogP contribution is 2.01. The predicted molar refractivity (Wildman–Crippen MR) is 48.2 cm³/mol. The number of hydrogen-bond acceptors (Lipinski definition) is 3. The third-order valence-corrected chi connectivity index (χ3v) is 1.13. The van der Waals surface area contributed by atoms with Crippen LogP contribution in [0.3, 0.4) is 0 Å². The lowest BCUT2D eigenvalue weighted by Gasteiger charge is -2.10. The standard InChI is InChI=1S/C7H13NO3.ClH/c1-3-11-6(8)4-5(2)7(9)10;/h6H,2-4,8H2,1H3,(H,9,10);1H. The highest BCUT2D eigenvalue weighted by molar-refractivity contribution is 5.85. The molecular weight excluding hydrogens is 182 g/mol. The summed E-state index contributed by atoms with van der Waals surface area (Å²) in [7, 11) is 0. The first kappa shape index (κ1) is 14.0. The maximum Gasteiger partial charge on any atom is 0.331 e. The summed E-state index contributed by atoms with van der Waals surface area (Å²) in [5.74, 6) is -1.03. The zero-order valence-electron chi connectivity index (χ0n) is 6.95. The molecule has 0 aromatic carbocycles. The monoisotopic (exact) mass is 195 g/mol. The molecule has 1 unspecified atom stereocenters. The van der Waals surface area contributed by atoms with Crippen LogP contribution in [0.5, 0.6) is 0 Å². The molecule has 12 heavy (non-hydrogen) atoms. The van der Waals surface area contributed by atoms with Gasteiger partial charge in [0.2, 0.25) is 0 Å². The summed E-state index contributed by atoms with van der Waals surface area (Å²) in [4.78, 5) is 10.2. The molecule has 0 aromatic rings. The van der Waals surface area contributed by atoms with E-state index in [1.165, 1.54) is 0 Å². The van der Waals surface area contributed by atoms with E-state index in [-0.39, 0.29) is 24.4 Å². The number of aliphatic carboxylic acids is 1. The van der Waals surface area contributed by atoms with Crippen molar-refractivity contribution in [1.82, 2.24) is 0 Å².